The molecule has 1 saturated heterocycles. The Morgan fingerprint density at radius 2 is 2.15 bits per heavy atom. The van der Waals surface area contributed by atoms with Crippen LogP contribution in [0.2, 0.25) is 0 Å². The van der Waals surface area contributed by atoms with E-state index in [1.165, 1.54) is 12.1 Å². The van der Waals surface area contributed by atoms with Crippen molar-refractivity contribution >= 4 is 11.7 Å². The molecule has 0 amide bonds. The number of nitrogen functional groups attached to an aromatic ring is 1. The van der Waals surface area contributed by atoms with Crippen LogP contribution in [0.1, 0.15) is 31.6 Å². The predicted octanol–water partition coefficient (Wildman–Crippen LogP) is -1.27. The van der Waals surface area contributed by atoms with Gasteiger partial charge in [0.05, 0.1) is 0 Å². The van der Waals surface area contributed by atoms with Crippen molar-refractivity contribution < 1.29 is 28.5 Å². The SMILES string of the molecule is CCN1CCC(OC(=O)c2ccc(N)cc2O)CC1.[Cl-].[H+]. The number of hydrogen-bond donors (Lipinski definition) is 2. The molecule has 0 spiro atoms. The Kier molecular flexibility index (Phi) is 6.10. The van der Waals surface area contributed by atoms with E-state index in [4.69, 9.17) is 10.5 Å². The lowest BCUT2D eigenvalue weighted by molar-refractivity contribution is -0.0000825. The molecule has 0 saturated carbocycles. The lowest BCUT2D eigenvalue weighted by Crippen LogP contribution is -3.00. The molecule has 1 aliphatic rings. The first-order valence-corrected chi connectivity index (χ1v) is 6.62. The molecule has 1 aromatic carbocycles. The van der Waals surface area contributed by atoms with Crippen LogP contribution in [-0.4, -0.2) is 41.7 Å². The number of nitrogens with two attached hydrogens (primary N) is 1. The number of hydrogen-bond acceptors (Lipinski definition) is 5. The Balaban J connectivity index is 0.00000200. The second-order valence-electron chi connectivity index (χ2n) is 4.82. The molecule has 0 bridgehead atoms. The number of nitrogens with zero attached hydrogens (tertiary/aromatic N) is 1. The Morgan fingerprint density at radius 1 is 1.50 bits per heavy atom. The summed E-state index contributed by atoms with van der Waals surface area (Å²) in [6.07, 6.45) is 1.62. The van der Waals surface area contributed by atoms with E-state index < -0.39 is 5.97 Å². The number of piperidine rings is 1. The van der Waals surface area contributed by atoms with Gasteiger partial charge in [-0.15, -0.1) is 0 Å². The molecule has 1 fully saturated rings. The van der Waals surface area contributed by atoms with Crippen molar-refractivity contribution in [1.29, 1.82) is 0 Å². The Labute approximate surface area is 126 Å². The number of likely N-dealkylation sites (tertiary alicyclic amines) is 1. The molecule has 6 heteroatoms. The number of rotatable bonds is 3. The van der Waals surface area contributed by atoms with Crippen LogP contribution >= 0.6 is 0 Å². The van der Waals surface area contributed by atoms with Gasteiger partial charge in [0.25, 0.3) is 0 Å². The van der Waals surface area contributed by atoms with Crippen LogP contribution < -0.4 is 18.1 Å². The molecule has 2 rings (SSSR count). The Bertz CT molecular complexity index is 466. The highest BCUT2D eigenvalue weighted by molar-refractivity contribution is 5.93. The summed E-state index contributed by atoms with van der Waals surface area (Å²) in [5.74, 6) is -0.608. The molecule has 5 nitrogen and oxygen atoms in total. The van der Waals surface area contributed by atoms with E-state index in [2.05, 4.69) is 11.8 Å². The third-order valence-corrected chi connectivity index (χ3v) is 3.50. The second-order valence-corrected chi connectivity index (χ2v) is 4.82. The number of esters is 1. The van der Waals surface area contributed by atoms with E-state index in [-0.39, 0.29) is 31.3 Å². The summed E-state index contributed by atoms with van der Waals surface area (Å²) in [6, 6.07) is 4.43. The van der Waals surface area contributed by atoms with Gasteiger partial charge in [-0.05, 0) is 31.5 Å². The predicted molar refractivity (Wildman–Crippen MR) is 74.2 cm³/mol. The van der Waals surface area contributed by atoms with Crippen molar-refractivity contribution in [2.24, 2.45) is 0 Å². The molecule has 1 aliphatic heterocycles. The molecule has 0 radical (unpaired) electrons. The van der Waals surface area contributed by atoms with Gasteiger partial charge >= 0.3 is 7.40 Å². The minimum Gasteiger partial charge on any atom is -1.00 e. The van der Waals surface area contributed by atoms with Gasteiger partial charge < -0.3 is 32.9 Å². The van der Waals surface area contributed by atoms with E-state index in [0.29, 0.717) is 5.69 Å². The van der Waals surface area contributed by atoms with Gasteiger partial charge in [-0.3, -0.25) is 0 Å². The van der Waals surface area contributed by atoms with Crippen molar-refractivity contribution in [3.8, 4) is 5.75 Å². The number of anilines is 1. The molecule has 0 atom stereocenters. The average Bonchev–Trinajstić information content (AvgIpc) is 2.39. The number of phenols is 1. The summed E-state index contributed by atoms with van der Waals surface area (Å²) in [5, 5.41) is 9.68. The van der Waals surface area contributed by atoms with Crippen molar-refractivity contribution in [2.45, 2.75) is 25.9 Å². The number of halogens is 1. The van der Waals surface area contributed by atoms with E-state index in [1.54, 1.807) is 6.07 Å². The van der Waals surface area contributed by atoms with Gasteiger partial charge in [-0.25, -0.2) is 4.79 Å². The number of phenolic OH excluding ortho intramolecular Hbond substituents is 1. The van der Waals surface area contributed by atoms with E-state index in [1.807, 2.05) is 0 Å². The first-order chi connectivity index (χ1) is 9.10. The lowest BCUT2D eigenvalue weighted by Gasteiger charge is -2.30. The summed E-state index contributed by atoms with van der Waals surface area (Å²) in [5.41, 5.74) is 6.12. The maximum absolute atomic E-state index is 12.0. The van der Waals surface area contributed by atoms with Crippen molar-refractivity contribution in [3.05, 3.63) is 23.8 Å². The van der Waals surface area contributed by atoms with Gasteiger partial charge in [0.1, 0.15) is 17.4 Å². The van der Waals surface area contributed by atoms with Gasteiger partial charge in [-0.2, -0.15) is 0 Å². The highest BCUT2D eigenvalue weighted by Crippen LogP contribution is 2.23. The molecular weight excluding hydrogens is 280 g/mol. The topological polar surface area (TPSA) is 75.8 Å². The standard InChI is InChI=1S/C14H20N2O3.ClH/c1-2-16-7-5-11(6-8-16)19-14(18)12-4-3-10(15)9-13(12)17;/h3-4,9,11,17H,2,5-8,15H2,1H3;1H. The van der Waals surface area contributed by atoms with Crippen LogP contribution in [0.3, 0.4) is 0 Å². The maximum atomic E-state index is 12.0. The largest absolute Gasteiger partial charge is 1.00 e. The molecule has 1 heterocycles. The number of carbonyl (C=O) groups is 1. The normalized spacial score (nSPS) is 16.4. The molecule has 20 heavy (non-hydrogen) atoms. The summed E-state index contributed by atoms with van der Waals surface area (Å²) in [7, 11) is 0. The van der Waals surface area contributed by atoms with E-state index in [9.17, 15) is 9.90 Å². The van der Waals surface area contributed by atoms with Crippen LogP contribution in [0.5, 0.6) is 5.75 Å². The Hall–Kier alpha value is -1.46. The van der Waals surface area contributed by atoms with Crippen LogP contribution in [0.25, 0.3) is 0 Å². The smallest absolute Gasteiger partial charge is 1.00 e. The molecule has 1 aromatic rings. The summed E-state index contributed by atoms with van der Waals surface area (Å²) in [6.45, 7) is 5.04. The number of ether oxygens (including phenoxy) is 1. The highest BCUT2D eigenvalue weighted by atomic mass is 35.5. The van der Waals surface area contributed by atoms with Crippen LogP contribution in [0, 0.1) is 0 Å². The van der Waals surface area contributed by atoms with E-state index >= 15 is 0 Å². The summed E-state index contributed by atoms with van der Waals surface area (Å²) < 4.78 is 5.42. The molecule has 0 aliphatic carbocycles. The zero-order chi connectivity index (χ0) is 13.8. The highest BCUT2D eigenvalue weighted by Gasteiger charge is 2.23. The molecule has 3 N–H and O–H groups in total. The minimum atomic E-state index is -0.479. The number of benzene rings is 1. The maximum Gasteiger partial charge on any atom is 1.00 e. The zero-order valence-electron chi connectivity index (χ0n) is 12.5. The van der Waals surface area contributed by atoms with Crippen molar-refractivity contribution in [2.75, 3.05) is 25.4 Å². The monoisotopic (exact) mass is 300 g/mol. The second kappa shape index (κ2) is 7.36. The van der Waals surface area contributed by atoms with Gasteiger partial charge in [0.15, 0.2) is 0 Å². The third-order valence-electron chi connectivity index (χ3n) is 3.50. The van der Waals surface area contributed by atoms with Crippen LogP contribution in [-0.2, 0) is 4.74 Å². The van der Waals surface area contributed by atoms with Gasteiger partial charge in [0.2, 0.25) is 0 Å². The molecule has 112 valence electrons. The van der Waals surface area contributed by atoms with E-state index in [0.717, 1.165) is 32.5 Å². The molecule has 0 unspecified atom stereocenters. The average molecular weight is 301 g/mol. The molecule has 0 aromatic heterocycles. The van der Waals surface area contributed by atoms with Gasteiger partial charge in [0, 0.05) is 24.8 Å². The van der Waals surface area contributed by atoms with Crippen LogP contribution in [0.15, 0.2) is 18.2 Å². The minimum absolute atomic E-state index is 0. The third kappa shape index (κ3) is 4.02. The lowest BCUT2D eigenvalue weighted by atomic mass is 10.1. The zero-order valence-corrected chi connectivity index (χ0v) is 12.3. The fraction of sp³-hybridized carbons (Fsp3) is 0.500. The molecular formula is C14H21ClN2O3. The fourth-order valence-electron chi connectivity index (χ4n) is 2.28. The first-order valence-electron chi connectivity index (χ1n) is 6.62. The Morgan fingerprint density at radius 3 is 2.70 bits per heavy atom. The van der Waals surface area contributed by atoms with Crippen molar-refractivity contribution in [1.82, 2.24) is 4.90 Å². The fourth-order valence-corrected chi connectivity index (χ4v) is 2.28. The summed E-state index contributed by atoms with van der Waals surface area (Å²) >= 11 is 0. The number of aromatic hydroxyl groups is 1. The quantitative estimate of drug-likeness (QED) is 0.538. The van der Waals surface area contributed by atoms with Gasteiger partial charge in [-0.1, -0.05) is 6.92 Å². The summed E-state index contributed by atoms with van der Waals surface area (Å²) in [4.78, 5) is 14.3. The number of carbonyl (C=O) groups excluding carboxylic acids is 1. The van der Waals surface area contributed by atoms with Crippen molar-refractivity contribution in [3.63, 3.8) is 0 Å². The van der Waals surface area contributed by atoms with Crippen LogP contribution in [0.4, 0.5) is 5.69 Å². The first kappa shape index (κ1) is 16.6.